The maximum atomic E-state index is 2.36. The summed E-state index contributed by atoms with van der Waals surface area (Å²) >= 11 is 2.36. The van der Waals surface area contributed by atoms with Gasteiger partial charge in [-0.2, -0.15) is 0 Å². The van der Waals surface area contributed by atoms with Crippen LogP contribution in [0.25, 0.3) is 0 Å². The highest BCUT2D eigenvalue weighted by Gasteiger charge is 1.93. The molecule has 0 N–H and O–H groups in total. The van der Waals surface area contributed by atoms with E-state index >= 15 is 0 Å². The highest BCUT2D eigenvalue weighted by molar-refractivity contribution is 14.1. The Morgan fingerprint density at radius 3 is 1.29 bits per heavy atom. The molecule has 0 rings (SSSR count). The Bertz CT molecular complexity index is 109. The van der Waals surface area contributed by atoms with E-state index in [1.165, 1.54) is 89.9 Å². The van der Waals surface area contributed by atoms with Crippen LogP contribution in [0.5, 0.6) is 0 Å². The van der Waals surface area contributed by atoms with Crippen LogP contribution < -0.4 is 0 Å². The monoisotopic (exact) mass is 351 g/mol. The van der Waals surface area contributed by atoms with Crippen molar-refractivity contribution in [2.24, 2.45) is 0 Å². The summed E-state index contributed by atoms with van der Waals surface area (Å²) in [7, 11) is 0. The summed E-state index contributed by atoms with van der Waals surface area (Å²) in [4.78, 5) is 0. The smallest absolute Gasteiger partial charge is 0.0227 e. The number of halogens is 1. The first-order valence-electron chi connectivity index (χ1n) is 7.83. The third-order valence-corrected chi connectivity index (χ3v) is 4.04. The summed E-state index contributed by atoms with van der Waals surface area (Å²) in [6, 6.07) is 0. The summed E-state index contributed by atoms with van der Waals surface area (Å²) < 4.78 is 2.26. The van der Waals surface area contributed by atoms with Crippen molar-refractivity contribution in [3.63, 3.8) is 0 Å². The molecule has 103 valence electrons. The fraction of sp³-hybridized carbons (Fsp3) is 0.938. The van der Waals surface area contributed by atoms with Crippen LogP contribution in [0.2, 0.25) is 0 Å². The van der Waals surface area contributed by atoms with Crippen LogP contribution in [-0.2, 0) is 0 Å². The van der Waals surface area contributed by atoms with Gasteiger partial charge in [0.15, 0.2) is 0 Å². The second-order valence-electron chi connectivity index (χ2n) is 5.19. The Hall–Kier alpha value is 0.730. The lowest BCUT2D eigenvalue weighted by molar-refractivity contribution is 0.540. The zero-order chi connectivity index (χ0) is 12.6. The molecule has 0 aliphatic rings. The van der Waals surface area contributed by atoms with Gasteiger partial charge in [0.05, 0.1) is 0 Å². The average molecular weight is 351 g/mol. The number of rotatable bonds is 14. The molecule has 0 aromatic heterocycles. The molecule has 0 heterocycles. The first kappa shape index (κ1) is 17.7. The fourth-order valence-electron chi connectivity index (χ4n) is 2.24. The first-order valence-corrected chi connectivity index (χ1v) is 9.08. The second-order valence-corrected chi connectivity index (χ2v) is 6.07. The van der Waals surface area contributed by atoms with E-state index in [1.54, 1.807) is 0 Å². The van der Waals surface area contributed by atoms with Gasteiger partial charge in [-0.15, -0.1) is 0 Å². The SMILES string of the molecule is CCCCCCCCCCCCCCC[CH]I. The number of hydrogen-bond acceptors (Lipinski definition) is 0. The van der Waals surface area contributed by atoms with Crippen molar-refractivity contribution in [2.45, 2.75) is 96.8 Å². The van der Waals surface area contributed by atoms with Crippen LogP contribution in [0.15, 0.2) is 0 Å². The number of unbranched alkanes of at least 4 members (excludes halogenated alkanes) is 13. The van der Waals surface area contributed by atoms with Crippen molar-refractivity contribution in [2.75, 3.05) is 0 Å². The van der Waals surface area contributed by atoms with E-state index in [2.05, 4.69) is 33.9 Å². The van der Waals surface area contributed by atoms with E-state index in [9.17, 15) is 0 Å². The van der Waals surface area contributed by atoms with Crippen molar-refractivity contribution in [1.82, 2.24) is 0 Å². The van der Waals surface area contributed by atoms with Gasteiger partial charge in [-0.25, -0.2) is 0 Å². The third-order valence-electron chi connectivity index (χ3n) is 3.42. The first-order chi connectivity index (χ1) is 8.41. The van der Waals surface area contributed by atoms with Gasteiger partial charge in [0.25, 0.3) is 0 Å². The van der Waals surface area contributed by atoms with Gasteiger partial charge >= 0.3 is 0 Å². The molecule has 0 bridgehead atoms. The lowest BCUT2D eigenvalue weighted by Gasteiger charge is -2.02. The van der Waals surface area contributed by atoms with Crippen LogP contribution in [0.1, 0.15) is 96.8 Å². The molecule has 0 aliphatic carbocycles. The molecule has 0 saturated carbocycles. The molecular weight excluding hydrogens is 319 g/mol. The molecule has 0 amide bonds. The van der Waals surface area contributed by atoms with Crippen LogP contribution in [0, 0.1) is 4.43 Å². The van der Waals surface area contributed by atoms with Crippen LogP contribution in [-0.4, -0.2) is 0 Å². The molecule has 0 spiro atoms. The van der Waals surface area contributed by atoms with Crippen molar-refractivity contribution < 1.29 is 0 Å². The van der Waals surface area contributed by atoms with Crippen LogP contribution in [0.4, 0.5) is 0 Å². The maximum Gasteiger partial charge on any atom is 0.0227 e. The molecule has 0 aromatic carbocycles. The summed E-state index contributed by atoms with van der Waals surface area (Å²) in [5.41, 5.74) is 0. The van der Waals surface area contributed by atoms with E-state index in [-0.39, 0.29) is 0 Å². The Morgan fingerprint density at radius 1 is 0.588 bits per heavy atom. The molecule has 0 fully saturated rings. The minimum Gasteiger partial charge on any atom is -0.0815 e. The Labute approximate surface area is 123 Å². The predicted molar refractivity (Wildman–Crippen MR) is 88.6 cm³/mol. The standard InChI is InChI=1S/C16H32I/c1-2-3-4-5-6-7-8-9-10-11-12-13-14-15-16-17/h16H,2-15H2,1H3. The molecule has 1 radical (unpaired) electrons. The number of hydrogen-bond donors (Lipinski definition) is 0. The van der Waals surface area contributed by atoms with Crippen LogP contribution >= 0.6 is 22.6 Å². The maximum absolute atomic E-state index is 2.36. The fourth-order valence-corrected chi connectivity index (χ4v) is 2.68. The Morgan fingerprint density at radius 2 is 0.941 bits per heavy atom. The zero-order valence-corrected chi connectivity index (χ0v) is 14.0. The van der Waals surface area contributed by atoms with Gasteiger partial charge in [-0.05, 0) is 6.42 Å². The van der Waals surface area contributed by atoms with Gasteiger partial charge < -0.3 is 0 Å². The molecule has 0 saturated heterocycles. The Balaban J connectivity index is 2.85. The van der Waals surface area contributed by atoms with Crippen molar-refractivity contribution >= 4 is 22.6 Å². The van der Waals surface area contributed by atoms with Crippen molar-refractivity contribution in [3.05, 3.63) is 4.43 Å². The molecule has 0 atom stereocenters. The highest BCUT2D eigenvalue weighted by atomic mass is 127. The minimum absolute atomic E-state index is 1.30. The average Bonchev–Trinajstić information content (AvgIpc) is 2.35. The molecule has 0 aromatic rings. The summed E-state index contributed by atoms with van der Waals surface area (Å²) in [6.45, 7) is 2.29. The largest absolute Gasteiger partial charge is 0.0815 e. The quantitative estimate of drug-likeness (QED) is 0.232. The van der Waals surface area contributed by atoms with E-state index < -0.39 is 0 Å². The Kier molecular flexibility index (Phi) is 17.4. The van der Waals surface area contributed by atoms with Gasteiger partial charge in [-0.3, -0.25) is 0 Å². The predicted octanol–water partition coefficient (Wildman–Crippen LogP) is 7.06. The molecule has 0 aliphatic heterocycles. The van der Waals surface area contributed by atoms with E-state index in [0.717, 1.165) is 0 Å². The van der Waals surface area contributed by atoms with E-state index in [0.29, 0.717) is 0 Å². The molecule has 0 nitrogen and oxygen atoms in total. The van der Waals surface area contributed by atoms with Crippen molar-refractivity contribution in [1.29, 1.82) is 0 Å². The third kappa shape index (κ3) is 16.7. The van der Waals surface area contributed by atoms with Gasteiger partial charge in [0.2, 0.25) is 0 Å². The van der Waals surface area contributed by atoms with Crippen LogP contribution in [0.3, 0.4) is 0 Å². The summed E-state index contributed by atoms with van der Waals surface area (Å²) in [5.74, 6) is 0. The summed E-state index contributed by atoms with van der Waals surface area (Å²) in [6.07, 6.45) is 20.2. The summed E-state index contributed by atoms with van der Waals surface area (Å²) in [5, 5.41) is 0. The van der Waals surface area contributed by atoms with E-state index in [1.807, 2.05) is 0 Å². The van der Waals surface area contributed by atoms with Gasteiger partial charge in [0.1, 0.15) is 0 Å². The van der Waals surface area contributed by atoms with Gasteiger partial charge in [-0.1, -0.05) is 113 Å². The molecule has 17 heavy (non-hydrogen) atoms. The lowest BCUT2D eigenvalue weighted by atomic mass is 10.0. The lowest BCUT2D eigenvalue weighted by Crippen LogP contribution is -1.82. The van der Waals surface area contributed by atoms with Crippen molar-refractivity contribution in [3.8, 4) is 0 Å². The zero-order valence-electron chi connectivity index (χ0n) is 11.9. The molecule has 0 unspecified atom stereocenters. The second kappa shape index (κ2) is 16.7. The molecular formula is C16H32I. The topological polar surface area (TPSA) is 0 Å². The highest BCUT2D eigenvalue weighted by Crippen LogP contribution is 2.13. The minimum atomic E-state index is 1.30. The van der Waals surface area contributed by atoms with E-state index in [4.69, 9.17) is 0 Å². The van der Waals surface area contributed by atoms with Gasteiger partial charge in [0, 0.05) is 4.43 Å². The molecule has 1 heteroatoms. The normalized spacial score (nSPS) is 10.9.